The van der Waals surface area contributed by atoms with E-state index >= 15 is 0 Å². The van der Waals surface area contributed by atoms with Crippen molar-refractivity contribution in [1.29, 1.82) is 0 Å². The van der Waals surface area contributed by atoms with Crippen molar-refractivity contribution < 1.29 is 8.42 Å². The molecule has 1 aromatic carbocycles. The van der Waals surface area contributed by atoms with Crippen LogP contribution in [0, 0.1) is 0 Å². The van der Waals surface area contributed by atoms with Gasteiger partial charge in [0.25, 0.3) is 0 Å². The van der Waals surface area contributed by atoms with Crippen molar-refractivity contribution in [1.82, 2.24) is 4.72 Å². The van der Waals surface area contributed by atoms with Crippen molar-refractivity contribution in [3.8, 4) is 0 Å². The molecule has 0 amide bonds. The SMILES string of the molecule is CCCc1ccc(S(=O)(=O)NC2CCCCCCCCCCC2)cc1. The van der Waals surface area contributed by atoms with Crippen LogP contribution in [0.3, 0.4) is 0 Å². The van der Waals surface area contributed by atoms with Gasteiger partial charge in [-0.2, -0.15) is 0 Å². The van der Waals surface area contributed by atoms with Crippen molar-refractivity contribution in [3.63, 3.8) is 0 Å². The Morgan fingerprint density at radius 3 is 1.80 bits per heavy atom. The van der Waals surface area contributed by atoms with E-state index in [1.54, 1.807) is 12.1 Å². The van der Waals surface area contributed by atoms with Crippen molar-refractivity contribution in [2.75, 3.05) is 0 Å². The molecule has 1 aromatic rings. The van der Waals surface area contributed by atoms with Crippen molar-refractivity contribution >= 4 is 10.0 Å². The highest BCUT2D eigenvalue weighted by Crippen LogP contribution is 2.19. The zero-order valence-corrected chi connectivity index (χ0v) is 16.6. The van der Waals surface area contributed by atoms with Gasteiger partial charge in [-0.05, 0) is 37.0 Å². The first-order valence-corrected chi connectivity index (χ1v) is 11.7. The van der Waals surface area contributed by atoms with Crippen LogP contribution in [0.15, 0.2) is 29.2 Å². The maximum atomic E-state index is 12.7. The van der Waals surface area contributed by atoms with Crippen LogP contribution in [0.1, 0.15) is 89.5 Å². The Morgan fingerprint density at radius 2 is 1.32 bits per heavy atom. The Bertz CT molecular complexity index is 568. The number of nitrogens with one attached hydrogen (secondary N) is 1. The third kappa shape index (κ3) is 7.49. The summed E-state index contributed by atoms with van der Waals surface area (Å²) >= 11 is 0. The first kappa shape index (κ1) is 20.4. The van der Waals surface area contributed by atoms with E-state index in [9.17, 15) is 8.42 Å². The molecule has 0 saturated heterocycles. The van der Waals surface area contributed by atoms with Gasteiger partial charge in [0.05, 0.1) is 4.90 Å². The van der Waals surface area contributed by atoms with Crippen LogP contribution in [-0.4, -0.2) is 14.5 Å². The molecule has 0 radical (unpaired) electrons. The monoisotopic (exact) mass is 365 g/mol. The van der Waals surface area contributed by atoms with E-state index in [0.29, 0.717) is 4.90 Å². The van der Waals surface area contributed by atoms with Gasteiger partial charge in [0.15, 0.2) is 0 Å². The van der Waals surface area contributed by atoms with Crippen LogP contribution < -0.4 is 4.72 Å². The summed E-state index contributed by atoms with van der Waals surface area (Å²) in [5.41, 5.74) is 1.20. The highest BCUT2D eigenvalue weighted by molar-refractivity contribution is 7.89. The summed E-state index contributed by atoms with van der Waals surface area (Å²) in [6, 6.07) is 7.48. The zero-order chi connectivity index (χ0) is 18.0. The molecule has 0 bridgehead atoms. The highest BCUT2D eigenvalue weighted by atomic mass is 32.2. The normalized spacial score (nSPS) is 19.1. The number of aryl methyl sites for hydroxylation is 1. The minimum Gasteiger partial charge on any atom is -0.208 e. The topological polar surface area (TPSA) is 46.2 Å². The lowest BCUT2D eigenvalue weighted by Gasteiger charge is -2.19. The molecular weight excluding hydrogens is 330 g/mol. The van der Waals surface area contributed by atoms with Crippen molar-refractivity contribution in [2.24, 2.45) is 0 Å². The predicted octanol–water partition coefficient (Wildman–Crippen LogP) is 5.59. The van der Waals surface area contributed by atoms with E-state index in [-0.39, 0.29) is 6.04 Å². The van der Waals surface area contributed by atoms with E-state index in [0.717, 1.165) is 38.5 Å². The van der Waals surface area contributed by atoms with Gasteiger partial charge in [-0.25, -0.2) is 13.1 Å². The molecule has 0 aliphatic heterocycles. The molecule has 0 atom stereocenters. The molecule has 2 rings (SSSR count). The zero-order valence-electron chi connectivity index (χ0n) is 15.8. The maximum Gasteiger partial charge on any atom is 0.240 e. The van der Waals surface area contributed by atoms with Crippen LogP contribution in [0.2, 0.25) is 0 Å². The molecule has 0 unspecified atom stereocenters. The fraction of sp³-hybridized carbons (Fsp3) is 0.714. The maximum absolute atomic E-state index is 12.7. The van der Waals surface area contributed by atoms with E-state index in [1.807, 2.05) is 12.1 Å². The fourth-order valence-corrected chi connectivity index (χ4v) is 5.00. The van der Waals surface area contributed by atoms with Crippen LogP contribution >= 0.6 is 0 Å². The van der Waals surface area contributed by atoms with Gasteiger partial charge in [-0.3, -0.25) is 0 Å². The number of benzene rings is 1. The second-order valence-electron chi connectivity index (χ2n) is 7.47. The van der Waals surface area contributed by atoms with Crippen LogP contribution in [0.25, 0.3) is 0 Å². The van der Waals surface area contributed by atoms with Crippen LogP contribution in [0.4, 0.5) is 0 Å². The summed E-state index contributed by atoms with van der Waals surface area (Å²) in [4.78, 5) is 0.401. The van der Waals surface area contributed by atoms with E-state index in [2.05, 4.69) is 11.6 Å². The van der Waals surface area contributed by atoms with E-state index < -0.39 is 10.0 Å². The second kappa shape index (κ2) is 11.0. The third-order valence-corrected chi connectivity index (χ3v) is 6.74. The Kier molecular flexibility index (Phi) is 8.97. The molecule has 0 aromatic heterocycles. The minimum absolute atomic E-state index is 0.0831. The summed E-state index contributed by atoms with van der Waals surface area (Å²) in [7, 11) is -3.41. The van der Waals surface area contributed by atoms with Crippen molar-refractivity contribution in [2.45, 2.75) is 101 Å². The van der Waals surface area contributed by atoms with Gasteiger partial charge in [0.2, 0.25) is 10.0 Å². The first-order chi connectivity index (χ1) is 12.1. The summed E-state index contributed by atoms with van der Waals surface area (Å²) in [5.74, 6) is 0. The summed E-state index contributed by atoms with van der Waals surface area (Å²) in [6.45, 7) is 2.13. The van der Waals surface area contributed by atoms with Gasteiger partial charge in [0, 0.05) is 6.04 Å². The molecule has 3 nitrogen and oxygen atoms in total. The first-order valence-electron chi connectivity index (χ1n) is 10.2. The number of sulfonamides is 1. The molecule has 142 valence electrons. The standard InChI is InChI=1S/C21H35NO2S/c1-2-12-19-15-17-21(18-16-19)25(23,24)22-20-13-10-8-6-4-3-5-7-9-11-14-20/h15-18,20,22H,2-14H2,1H3. The number of hydrogen-bond acceptors (Lipinski definition) is 2. The fourth-order valence-electron chi connectivity index (χ4n) is 3.69. The Hall–Kier alpha value is -0.870. The molecule has 1 saturated carbocycles. The second-order valence-corrected chi connectivity index (χ2v) is 9.19. The van der Waals surface area contributed by atoms with E-state index in [1.165, 1.54) is 50.5 Å². The van der Waals surface area contributed by atoms with Gasteiger partial charge in [0.1, 0.15) is 0 Å². The van der Waals surface area contributed by atoms with Gasteiger partial charge in [-0.1, -0.05) is 83.3 Å². The summed E-state index contributed by atoms with van der Waals surface area (Å²) in [6.07, 6.45) is 15.3. The largest absolute Gasteiger partial charge is 0.240 e. The molecule has 1 aliphatic carbocycles. The van der Waals surface area contributed by atoms with Gasteiger partial charge < -0.3 is 0 Å². The Balaban J connectivity index is 1.97. The highest BCUT2D eigenvalue weighted by Gasteiger charge is 2.20. The Labute approximate surface area is 154 Å². The number of rotatable bonds is 5. The van der Waals surface area contributed by atoms with Crippen molar-refractivity contribution in [3.05, 3.63) is 29.8 Å². The molecule has 0 heterocycles. The quantitative estimate of drug-likeness (QED) is 0.739. The molecule has 4 heteroatoms. The van der Waals surface area contributed by atoms with Crippen LogP contribution in [-0.2, 0) is 16.4 Å². The minimum atomic E-state index is -3.41. The van der Waals surface area contributed by atoms with Crippen LogP contribution in [0.5, 0.6) is 0 Å². The Morgan fingerprint density at radius 1 is 0.840 bits per heavy atom. The third-order valence-electron chi connectivity index (χ3n) is 5.20. The predicted molar refractivity (Wildman–Crippen MR) is 105 cm³/mol. The molecule has 25 heavy (non-hydrogen) atoms. The lowest BCUT2D eigenvalue weighted by molar-refractivity contribution is 0.440. The lowest BCUT2D eigenvalue weighted by Crippen LogP contribution is -2.35. The molecule has 1 aliphatic rings. The smallest absolute Gasteiger partial charge is 0.208 e. The van der Waals surface area contributed by atoms with Gasteiger partial charge >= 0.3 is 0 Å². The molecule has 1 fully saturated rings. The lowest BCUT2D eigenvalue weighted by atomic mass is 9.98. The molecular formula is C21H35NO2S. The van der Waals surface area contributed by atoms with E-state index in [4.69, 9.17) is 0 Å². The molecule has 0 spiro atoms. The number of hydrogen-bond donors (Lipinski definition) is 1. The van der Waals surface area contributed by atoms with Gasteiger partial charge in [-0.15, -0.1) is 0 Å². The summed E-state index contributed by atoms with van der Waals surface area (Å²) < 4.78 is 28.5. The average Bonchev–Trinajstić information content (AvgIpc) is 2.58. The molecule has 1 N–H and O–H groups in total. The average molecular weight is 366 g/mol. The summed E-state index contributed by atoms with van der Waals surface area (Å²) in [5, 5.41) is 0.